The number of hydrogen-bond acceptors (Lipinski definition) is 6. The van der Waals surface area contributed by atoms with E-state index in [0.717, 1.165) is 0 Å². The lowest BCUT2D eigenvalue weighted by molar-refractivity contribution is -0.147. The third-order valence-electron chi connectivity index (χ3n) is 2.66. The molecule has 1 rings (SSSR count). The molecule has 0 aliphatic rings. The van der Waals surface area contributed by atoms with Crippen LogP contribution in [0.5, 0.6) is 5.75 Å². The average Bonchev–Trinajstić information content (AvgIpc) is 2.52. The fourth-order valence-corrected chi connectivity index (χ4v) is 1.56. The van der Waals surface area contributed by atoms with Crippen molar-refractivity contribution in [1.29, 1.82) is 0 Å². The van der Waals surface area contributed by atoms with Crippen molar-refractivity contribution < 1.29 is 28.9 Å². The predicted molar refractivity (Wildman–Crippen MR) is 79.7 cm³/mol. The Morgan fingerprint density at radius 3 is 2.55 bits per heavy atom. The number of esters is 1. The SMILES string of the molecule is COC(=O)C(C)Oc1ccc(NC(=O)COCCCO)cc1. The van der Waals surface area contributed by atoms with Crippen LogP contribution in [-0.2, 0) is 19.1 Å². The number of methoxy groups -OCH3 is 1. The minimum Gasteiger partial charge on any atom is -0.479 e. The molecule has 0 bridgehead atoms. The van der Waals surface area contributed by atoms with E-state index in [-0.39, 0.29) is 19.1 Å². The number of aliphatic hydroxyl groups is 1. The van der Waals surface area contributed by atoms with Crippen LogP contribution in [0.15, 0.2) is 24.3 Å². The molecule has 0 aliphatic carbocycles. The first-order valence-corrected chi connectivity index (χ1v) is 6.89. The molecule has 0 radical (unpaired) electrons. The first-order chi connectivity index (χ1) is 10.6. The fourth-order valence-electron chi connectivity index (χ4n) is 1.56. The summed E-state index contributed by atoms with van der Waals surface area (Å²) in [6, 6.07) is 6.60. The smallest absolute Gasteiger partial charge is 0.346 e. The summed E-state index contributed by atoms with van der Waals surface area (Å²) >= 11 is 0. The zero-order chi connectivity index (χ0) is 16.4. The Morgan fingerprint density at radius 2 is 1.95 bits per heavy atom. The summed E-state index contributed by atoms with van der Waals surface area (Å²) < 4.78 is 15.0. The fraction of sp³-hybridized carbons (Fsp3) is 0.467. The molecule has 1 unspecified atom stereocenters. The van der Waals surface area contributed by atoms with Gasteiger partial charge in [0.1, 0.15) is 12.4 Å². The van der Waals surface area contributed by atoms with Gasteiger partial charge in [0, 0.05) is 18.9 Å². The number of hydrogen-bond donors (Lipinski definition) is 2. The van der Waals surface area contributed by atoms with Crippen molar-refractivity contribution in [3.8, 4) is 5.75 Å². The zero-order valence-corrected chi connectivity index (χ0v) is 12.7. The molecule has 0 fully saturated rings. The van der Waals surface area contributed by atoms with Crippen LogP contribution in [-0.4, -0.2) is 50.0 Å². The van der Waals surface area contributed by atoms with Crippen LogP contribution in [0.3, 0.4) is 0 Å². The maximum absolute atomic E-state index is 11.6. The number of rotatable bonds is 9. The van der Waals surface area contributed by atoms with E-state index in [1.54, 1.807) is 31.2 Å². The normalized spacial score (nSPS) is 11.6. The number of carbonyl (C=O) groups is 2. The highest BCUT2D eigenvalue weighted by atomic mass is 16.6. The van der Waals surface area contributed by atoms with E-state index < -0.39 is 12.1 Å². The number of benzene rings is 1. The third-order valence-corrected chi connectivity index (χ3v) is 2.66. The largest absolute Gasteiger partial charge is 0.479 e. The van der Waals surface area contributed by atoms with Gasteiger partial charge in [-0.1, -0.05) is 0 Å². The average molecular weight is 311 g/mol. The number of carbonyl (C=O) groups excluding carboxylic acids is 2. The van der Waals surface area contributed by atoms with E-state index in [9.17, 15) is 9.59 Å². The van der Waals surface area contributed by atoms with Crippen molar-refractivity contribution >= 4 is 17.6 Å². The van der Waals surface area contributed by atoms with Crippen molar-refractivity contribution in [3.05, 3.63) is 24.3 Å². The maximum atomic E-state index is 11.6. The van der Waals surface area contributed by atoms with Crippen LogP contribution in [0.4, 0.5) is 5.69 Å². The van der Waals surface area contributed by atoms with E-state index in [1.807, 2.05) is 0 Å². The highest BCUT2D eigenvalue weighted by molar-refractivity contribution is 5.91. The van der Waals surface area contributed by atoms with Crippen molar-refractivity contribution in [2.75, 3.05) is 32.2 Å². The van der Waals surface area contributed by atoms with E-state index in [4.69, 9.17) is 14.6 Å². The number of nitrogens with one attached hydrogen (secondary N) is 1. The molecule has 2 N–H and O–H groups in total. The maximum Gasteiger partial charge on any atom is 0.346 e. The Labute approximate surface area is 129 Å². The monoisotopic (exact) mass is 311 g/mol. The van der Waals surface area contributed by atoms with Crippen molar-refractivity contribution in [2.24, 2.45) is 0 Å². The van der Waals surface area contributed by atoms with E-state index in [2.05, 4.69) is 10.1 Å². The molecule has 1 aromatic carbocycles. The van der Waals surface area contributed by atoms with Gasteiger partial charge in [0.05, 0.1) is 7.11 Å². The minimum absolute atomic E-state index is 0.0348. The predicted octanol–water partition coefficient (Wildman–Crippen LogP) is 0.964. The van der Waals surface area contributed by atoms with Crippen LogP contribution in [0.2, 0.25) is 0 Å². The highest BCUT2D eigenvalue weighted by Crippen LogP contribution is 2.17. The van der Waals surface area contributed by atoms with Gasteiger partial charge < -0.3 is 24.6 Å². The van der Waals surface area contributed by atoms with E-state index >= 15 is 0 Å². The first-order valence-electron chi connectivity index (χ1n) is 6.89. The molecule has 7 nitrogen and oxygen atoms in total. The lowest BCUT2D eigenvalue weighted by Crippen LogP contribution is -2.24. The van der Waals surface area contributed by atoms with Gasteiger partial charge in [-0.25, -0.2) is 4.79 Å². The van der Waals surface area contributed by atoms with E-state index in [1.165, 1.54) is 7.11 Å². The number of aliphatic hydroxyl groups excluding tert-OH is 1. The Morgan fingerprint density at radius 1 is 1.27 bits per heavy atom. The number of anilines is 1. The highest BCUT2D eigenvalue weighted by Gasteiger charge is 2.14. The van der Waals surface area contributed by atoms with Gasteiger partial charge in [-0.2, -0.15) is 0 Å². The van der Waals surface area contributed by atoms with Crippen LogP contribution in [0, 0.1) is 0 Å². The van der Waals surface area contributed by atoms with Gasteiger partial charge in [0.15, 0.2) is 6.10 Å². The van der Waals surface area contributed by atoms with Gasteiger partial charge in [-0.05, 0) is 37.6 Å². The van der Waals surface area contributed by atoms with Crippen molar-refractivity contribution in [2.45, 2.75) is 19.4 Å². The first kappa shape index (κ1) is 17.9. The summed E-state index contributed by atoms with van der Waals surface area (Å²) in [6.07, 6.45) is -0.206. The molecule has 1 aromatic rings. The number of amides is 1. The zero-order valence-electron chi connectivity index (χ0n) is 12.7. The van der Waals surface area contributed by atoms with Crippen molar-refractivity contribution in [1.82, 2.24) is 0 Å². The molecule has 0 saturated heterocycles. The molecular weight excluding hydrogens is 290 g/mol. The summed E-state index contributed by atoms with van der Waals surface area (Å²) in [5, 5.41) is 11.2. The van der Waals surface area contributed by atoms with Gasteiger partial charge >= 0.3 is 5.97 Å². The second-order valence-electron chi connectivity index (χ2n) is 4.49. The molecule has 122 valence electrons. The van der Waals surface area contributed by atoms with Gasteiger partial charge in [0.25, 0.3) is 0 Å². The molecule has 0 aromatic heterocycles. The minimum atomic E-state index is -0.703. The van der Waals surface area contributed by atoms with Crippen molar-refractivity contribution in [3.63, 3.8) is 0 Å². The molecule has 0 heterocycles. The number of ether oxygens (including phenoxy) is 3. The summed E-state index contributed by atoms with van der Waals surface area (Å²) in [4.78, 5) is 22.8. The third kappa shape index (κ3) is 6.55. The molecule has 1 amide bonds. The van der Waals surface area contributed by atoms with Crippen LogP contribution in [0.1, 0.15) is 13.3 Å². The second kappa shape index (κ2) is 9.75. The second-order valence-corrected chi connectivity index (χ2v) is 4.49. The Bertz CT molecular complexity index is 473. The standard InChI is InChI=1S/C15H21NO6/c1-11(15(19)20-2)22-13-6-4-12(5-7-13)16-14(18)10-21-9-3-8-17/h4-7,11,17H,3,8-10H2,1-2H3,(H,16,18). The molecule has 22 heavy (non-hydrogen) atoms. The van der Waals surface area contributed by atoms with E-state index in [0.29, 0.717) is 24.5 Å². The molecule has 0 saturated carbocycles. The van der Waals surface area contributed by atoms with Crippen LogP contribution < -0.4 is 10.1 Å². The molecule has 0 spiro atoms. The Kier molecular flexibility index (Phi) is 7.95. The lowest BCUT2D eigenvalue weighted by atomic mass is 10.3. The molecule has 0 aliphatic heterocycles. The van der Waals surface area contributed by atoms with Crippen LogP contribution >= 0.6 is 0 Å². The lowest BCUT2D eigenvalue weighted by Gasteiger charge is -2.13. The van der Waals surface area contributed by atoms with Crippen LogP contribution in [0.25, 0.3) is 0 Å². The quantitative estimate of drug-likeness (QED) is 0.521. The summed E-state index contributed by atoms with van der Waals surface area (Å²) in [7, 11) is 1.30. The molecule has 1 atom stereocenters. The van der Waals surface area contributed by atoms with Gasteiger partial charge in [-0.3, -0.25) is 4.79 Å². The topological polar surface area (TPSA) is 94.1 Å². The Balaban J connectivity index is 2.41. The molecular formula is C15H21NO6. The molecule has 7 heteroatoms. The Hall–Kier alpha value is -2.12. The summed E-state index contributed by atoms with van der Waals surface area (Å²) in [6.45, 7) is 1.89. The van der Waals surface area contributed by atoms with Gasteiger partial charge in [0.2, 0.25) is 5.91 Å². The summed E-state index contributed by atoms with van der Waals surface area (Å²) in [5.74, 6) is -0.248. The summed E-state index contributed by atoms with van der Waals surface area (Å²) in [5.41, 5.74) is 0.592. The van der Waals surface area contributed by atoms with Gasteiger partial charge in [-0.15, -0.1) is 0 Å².